The van der Waals surface area contributed by atoms with Gasteiger partial charge in [0.15, 0.2) is 22.4 Å². The van der Waals surface area contributed by atoms with Gasteiger partial charge < -0.3 is 9.47 Å². The lowest BCUT2D eigenvalue weighted by Gasteiger charge is -2.03. The molecule has 130 valence electrons. The zero-order chi connectivity index (χ0) is 18.1. The van der Waals surface area contributed by atoms with Gasteiger partial charge in [-0.25, -0.2) is 4.98 Å². The van der Waals surface area contributed by atoms with Gasteiger partial charge in [0.2, 0.25) is 6.79 Å². The van der Waals surface area contributed by atoms with Crippen LogP contribution in [0.5, 0.6) is 11.5 Å². The number of ketones is 1. The Balaban J connectivity index is 1.49. The van der Waals surface area contributed by atoms with E-state index in [1.54, 1.807) is 24.3 Å². The van der Waals surface area contributed by atoms with E-state index in [4.69, 9.17) is 9.47 Å². The predicted molar refractivity (Wildman–Crippen MR) is 98.1 cm³/mol. The molecule has 2 aromatic carbocycles. The van der Waals surface area contributed by atoms with E-state index in [9.17, 15) is 9.59 Å². The fourth-order valence-electron chi connectivity index (χ4n) is 2.55. The lowest BCUT2D eigenvalue weighted by molar-refractivity contribution is 0.100. The summed E-state index contributed by atoms with van der Waals surface area (Å²) in [5.41, 5.74) is 2.67. The number of carbonyl (C=O) groups is 2. The van der Waals surface area contributed by atoms with Gasteiger partial charge in [0.25, 0.3) is 5.91 Å². The van der Waals surface area contributed by atoms with Crippen molar-refractivity contribution in [3.05, 3.63) is 59.0 Å². The summed E-state index contributed by atoms with van der Waals surface area (Å²) in [5.74, 6) is 1.09. The maximum Gasteiger partial charge on any atom is 0.257 e. The molecule has 26 heavy (non-hydrogen) atoms. The quantitative estimate of drug-likeness (QED) is 0.707. The molecule has 0 saturated heterocycles. The molecule has 0 saturated carbocycles. The molecule has 2 heterocycles. The minimum absolute atomic E-state index is 0.0368. The van der Waals surface area contributed by atoms with Crippen LogP contribution in [0.1, 0.15) is 27.6 Å². The Labute approximate surface area is 153 Å². The lowest BCUT2D eigenvalue weighted by Crippen LogP contribution is -2.11. The molecular weight excluding hydrogens is 352 g/mol. The number of Topliss-reactive ketones (excluding diaryl/α,β-unsaturated/α-hetero) is 1. The summed E-state index contributed by atoms with van der Waals surface area (Å²) in [7, 11) is 0. The van der Waals surface area contributed by atoms with E-state index in [-0.39, 0.29) is 18.5 Å². The second kappa shape index (κ2) is 6.61. The Morgan fingerprint density at radius 2 is 1.77 bits per heavy atom. The normalized spacial score (nSPS) is 12.0. The molecule has 1 aliphatic rings. The molecule has 1 N–H and O–H groups in total. The van der Waals surface area contributed by atoms with Crippen LogP contribution in [0.4, 0.5) is 5.13 Å². The topological polar surface area (TPSA) is 77.5 Å². The highest BCUT2D eigenvalue weighted by molar-refractivity contribution is 7.14. The number of fused-ring (bicyclic) bond motifs is 1. The third-order valence-corrected chi connectivity index (χ3v) is 4.70. The molecule has 1 amide bonds. The Morgan fingerprint density at radius 1 is 1.04 bits per heavy atom. The molecule has 0 fully saturated rings. The summed E-state index contributed by atoms with van der Waals surface area (Å²) in [6.45, 7) is 1.71. The Bertz CT molecular complexity index is 995. The fourth-order valence-corrected chi connectivity index (χ4v) is 3.26. The fraction of sp³-hybridized carbons (Fsp3) is 0.105. The molecule has 0 radical (unpaired) electrons. The SMILES string of the molecule is CC(=O)c1ccc(C(=O)Nc2nc(-c3ccc4c(c3)OCO4)cs2)cc1. The van der Waals surface area contributed by atoms with E-state index in [0.717, 1.165) is 11.3 Å². The highest BCUT2D eigenvalue weighted by Gasteiger charge is 2.16. The number of nitrogens with one attached hydrogen (secondary N) is 1. The largest absolute Gasteiger partial charge is 0.454 e. The molecule has 6 nitrogen and oxygen atoms in total. The highest BCUT2D eigenvalue weighted by Crippen LogP contribution is 2.36. The average molecular weight is 366 g/mol. The molecule has 0 spiro atoms. The van der Waals surface area contributed by atoms with Gasteiger partial charge in [0.05, 0.1) is 5.69 Å². The van der Waals surface area contributed by atoms with Crippen molar-refractivity contribution >= 4 is 28.2 Å². The van der Waals surface area contributed by atoms with Crippen LogP contribution in [0.3, 0.4) is 0 Å². The zero-order valence-corrected chi connectivity index (χ0v) is 14.6. The number of thiazole rings is 1. The molecule has 0 atom stereocenters. The van der Waals surface area contributed by atoms with Crippen molar-refractivity contribution in [2.75, 3.05) is 12.1 Å². The van der Waals surface area contributed by atoms with Crippen molar-refractivity contribution in [1.29, 1.82) is 0 Å². The van der Waals surface area contributed by atoms with Crippen LogP contribution < -0.4 is 14.8 Å². The summed E-state index contributed by atoms with van der Waals surface area (Å²) >= 11 is 1.34. The van der Waals surface area contributed by atoms with Gasteiger partial charge in [-0.15, -0.1) is 11.3 Å². The van der Waals surface area contributed by atoms with Crippen molar-refractivity contribution < 1.29 is 19.1 Å². The Morgan fingerprint density at radius 3 is 2.54 bits per heavy atom. The summed E-state index contributed by atoms with van der Waals surface area (Å²) in [4.78, 5) is 28.1. The van der Waals surface area contributed by atoms with Crippen LogP contribution in [0.2, 0.25) is 0 Å². The van der Waals surface area contributed by atoms with Gasteiger partial charge in [0, 0.05) is 22.1 Å². The van der Waals surface area contributed by atoms with Crippen LogP contribution in [-0.4, -0.2) is 23.5 Å². The van der Waals surface area contributed by atoms with E-state index in [1.807, 2.05) is 23.6 Å². The number of hydrogen-bond acceptors (Lipinski definition) is 6. The lowest BCUT2D eigenvalue weighted by atomic mass is 10.1. The first-order valence-corrected chi connectivity index (χ1v) is 8.76. The third kappa shape index (κ3) is 3.16. The second-order valence-corrected chi connectivity index (χ2v) is 6.55. The molecule has 1 aromatic heterocycles. The summed E-state index contributed by atoms with van der Waals surface area (Å²) in [6, 6.07) is 12.1. The predicted octanol–water partition coefficient (Wildman–Crippen LogP) is 3.99. The van der Waals surface area contributed by atoms with E-state index in [1.165, 1.54) is 18.3 Å². The highest BCUT2D eigenvalue weighted by atomic mass is 32.1. The number of hydrogen-bond donors (Lipinski definition) is 1. The van der Waals surface area contributed by atoms with Crippen molar-refractivity contribution in [3.63, 3.8) is 0 Å². The third-order valence-electron chi connectivity index (χ3n) is 3.95. The number of aromatic nitrogens is 1. The van der Waals surface area contributed by atoms with Crippen molar-refractivity contribution in [2.45, 2.75) is 6.92 Å². The monoisotopic (exact) mass is 366 g/mol. The maximum absolute atomic E-state index is 12.3. The first-order chi connectivity index (χ1) is 12.6. The van der Waals surface area contributed by atoms with Crippen LogP contribution in [-0.2, 0) is 0 Å². The molecule has 7 heteroatoms. The number of benzene rings is 2. The van der Waals surface area contributed by atoms with Gasteiger partial charge in [-0.1, -0.05) is 12.1 Å². The number of ether oxygens (including phenoxy) is 2. The smallest absolute Gasteiger partial charge is 0.257 e. The molecule has 0 aliphatic carbocycles. The van der Waals surface area contributed by atoms with E-state index in [2.05, 4.69) is 10.3 Å². The van der Waals surface area contributed by atoms with Crippen molar-refractivity contribution in [3.8, 4) is 22.8 Å². The van der Waals surface area contributed by atoms with Gasteiger partial charge in [-0.05, 0) is 37.3 Å². The molecule has 4 rings (SSSR count). The molecular formula is C19H14N2O4S. The number of carbonyl (C=O) groups excluding carboxylic acids is 2. The zero-order valence-electron chi connectivity index (χ0n) is 13.8. The number of anilines is 1. The minimum Gasteiger partial charge on any atom is -0.454 e. The number of amides is 1. The molecule has 0 bridgehead atoms. The van der Waals surface area contributed by atoms with Gasteiger partial charge in [0.1, 0.15) is 0 Å². The summed E-state index contributed by atoms with van der Waals surface area (Å²) in [6.07, 6.45) is 0. The van der Waals surface area contributed by atoms with E-state index < -0.39 is 0 Å². The molecule has 0 unspecified atom stereocenters. The summed E-state index contributed by atoms with van der Waals surface area (Å²) in [5, 5.41) is 5.14. The van der Waals surface area contributed by atoms with Crippen LogP contribution in [0.25, 0.3) is 11.3 Å². The van der Waals surface area contributed by atoms with Gasteiger partial charge in [-0.2, -0.15) is 0 Å². The van der Waals surface area contributed by atoms with Crippen molar-refractivity contribution in [1.82, 2.24) is 4.98 Å². The Hall–Kier alpha value is -3.19. The summed E-state index contributed by atoms with van der Waals surface area (Å²) < 4.78 is 10.7. The van der Waals surface area contributed by atoms with Gasteiger partial charge >= 0.3 is 0 Å². The number of rotatable bonds is 4. The van der Waals surface area contributed by atoms with Crippen LogP contribution in [0.15, 0.2) is 47.8 Å². The van der Waals surface area contributed by atoms with E-state index in [0.29, 0.717) is 27.8 Å². The van der Waals surface area contributed by atoms with E-state index >= 15 is 0 Å². The van der Waals surface area contributed by atoms with Crippen LogP contribution in [0, 0.1) is 0 Å². The molecule has 1 aliphatic heterocycles. The number of nitrogens with zero attached hydrogens (tertiary/aromatic N) is 1. The minimum atomic E-state index is -0.272. The Kier molecular flexibility index (Phi) is 4.14. The maximum atomic E-state index is 12.3. The van der Waals surface area contributed by atoms with Gasteiger partial charge in [-0.3, -0.25) is 14.9 Å². The molecule has 3 aromatic rings. The van der Waals surface area contributed by atoms with Crippen molar-refractivity contribution in [2.24, 2.45) is 0 Å². The first-order valence-electron chi connectivity index (χ1n) is 7.88. The first kappa shape index (κ1) is 16.3. The second-order valence-electron chi connectivity index (χ2n) is 5.69. The standard InChI is InChI=1S/C19H14N2O4S/c1-11(22)12-2-4-13(5-3-12)18(23)21-19-20-15(9-26-19)14-6-7-16-17(8-14)25-10-24-16/h2-9H,10H2,1H3,(H,20,21,23). The average Bonchev–Trinajstić information content (AvgIpc) is 3.30. The van der Waals surface area contributed by atoms with Crippen LogP contribution >= 0.6 is 11.3 Å².